The summed E-state index contributed by atoms with van der Waals surface area (Å²) in [5, 5.41) is 31.9. The van der Waals surface area contributed by atoms with Crippen molar-refractivity contribution in [2.24, 2.45) is 5.92 Å². The number of halogens is 1. The molecule has 0 aliphatic carbocycles. The second kappa shape index (κ2) is 42.7. The molecule has 0 unspecified atom stereocenters. The fourth-order valence-electron chi connectivity index (χ4n) is 15.4. The molecule has 31 nitrogen and oxygen atoms in total. The molecular formula is C89H110FN15O16. The Morgan fingerprint density at radius 2 is 1.51 bits per heavy atom. The van der Waals surface area contributed by atoms with Crippen LogP contribution in [0.2, 0.25) is 0 Å². The molecule has 0 saturated carbocycles. The zero-order valence-electron chi connectivity index (χ0n) is 69.6. The maximum Gasteiger partial charge on any atom is 0.407 e. The van der Waals surface area contributed by atoms with Gasteiger partial charge in [0.2, 0.25) is 59.1 Å². The number of rotatable bonds is 20. The molecule has 12 rings (SSSR count). The lowest BCUT2D eigenvalue weighted by Crippen LogP contribution is -2.64. The van der Waals surface area contributed by atoms with Crippen molar-refractivity contribution in [1.29, 1.82) is 0 Å². The van der Waals surface area contributed by atoms with Crippen LogP contribution in [0.25, 0.3) is 10.9 Å². The SMILES string of the molecule is CC[C@@H](NC(=O)C(C)C)C(=O)N[C@H]1Cc2cccc(c2)CNC(=O)CO[C@H]2CCN3C(=O)[C@H](Cc4cn(c5ccc(F)cc45)C/C=C/CCCN(C(=O)CCC(C)=O)Cc4ccc(cc4)CCNC(=O)[C@]4(C)CCCN4C(=O)[C@H](Cc4ccc(OC)cc4)NC(=O)[C@H]([C@@H](C)OCc4cn(CCNC(=O)OCc5ccccc5)nn4)NC(=O)[C@H]23)NC1=O. The third kappa shape index (κ3) is 24.5. The number of ether oxygens (including phenoxy) is 4. The van der Waals surface area contributed by atoms with Crippen LogP contribution in [0.4, 0.5) is 9.18 Å². The lowest BCUT2D eigenvalue weighted by Gasteiger charge is -2.37. The Morgan fingerprint density at radius 1 is 0.744 bits per heavy atom. The van der Waals surface area contributed by atoms with Gasteiger partial charge in [-0.2, -0.15) is 0 Å². The van der Waals surface area contributed by atoms with Gasteiger partial charge in [-0.25, -0.2) is 9.18 Å². The van der Waals surface area contributed by atoms with Crippen LogP contribution >= 0.6 is 0 Å². The minimum atomic E-state index is -1.77. The maximum absolute atomic E-state index is 16.4. The van der Waals surface area contributed by atoms with Crippen molar-refractivity contribution >= 4 is 81.9 Å². The molecule has 5 aromatic carbocycles. The van der Waals surface area contributed by atoms with Gasteiger partial charge in [-0.05, 0) is 135 Å². The van der Waals surface area contributed by atoms with Gasteiger partial charge in [-0.15, -0.1) is 5.10 Å². The highest BCUT2D eigenvalue weighted by Crippen LogP contribution is 2.33. The molecule has 5 aliphatic rings. The largest absolute Gasteiger partial charge is 0.497 e. The number of ketones is 1. The van der Waals surface area contributed by atoms with Gasteiger partial charge in [0.05, 0.1) is 38.7 Å². The average Bonchev–Trinajstić information content (AvgIpc) is 1.66. The Balaban J connectivity index is 0.985. The fourth-order valence-corrected chi connectivity index (χ4v) is 15.4. The second-order valence-corrected chi connectivity index (χ2v) is 31.7. The molecule has 9 atom stereocenters. The van der Waals surface area contributed by atoms with Crippen LogP contribution in [0.15, 0.2) is 146 Å². The van der Waals surface area contributed by atoms with Crippen LogP contribution in [-0.2, 0) is 132 Å². The van der Waals surface area contributed by atoms with Gasteiger partial charge >= 0.3 is 6.09 Å². The number of benzene rings is 5. The molecule has 0 radical (unpaired) electrons. The van der Waals surface area contributed by atoms with E-state index in [1.165, 1.54) is 47.6 Å². The zero-order valence-corrected chi connectivity index (χ0v) is 69.6. The van der Waals surface area contributed by atoms with E-state index in [0.29, 0.717) is 71.1 Å². The van der Waals surface area contributed by atoms with E-state index >= 15 is 28.4 Å². The van der Waals surface area contributed by atoms with E-state index in [-0.39, 0.29) is 134 Å². The molecule has 644 valence electrons. The van der Waals surface area contributed by atoms with E-state index in [2.05, 4.69) is 52.8 Å². The highest BCUT2D eigenvalue weighted by atomic mass is 19.1. The maximum atomic E-state index is 16.4. The quantitative estimate of drug-likeness (QED) is 0.0416. The third-order valence-corrected chi connectivity index (χ3v) is 22.4. The third-order valence-electron chi connectivity index (χ3n) is 22.4. The summed E-state index contributed by atoms with van der Waals surface area (Å²) >= 11 is 0. The molecule has 11 amide bonds. The summed E-state index contributed by atoms with van der Waals surface area (Å²) in [6.45, 7) is 9.80. The van der Waals surface area contributed by atoms with Crippen molar-refractivity contribution in [2.45, 2.75) is 212 Å². The smallest absolute Gasteiger partial charge is 0.407 e. The molecule has 0 spiro atoms. The van der Waals surface area contributed by atoms with Crippen molar-refractivity contribution in [3.63, 3.8) is 0 Å². The molecule has 32 heteroatoms. The minimum Gasteiger partial charge on any atom is -0.497 e. The van der Waals surface area contributed by atoms with Gasteiger partial charge in [-0.3, -0.25) is 52.6 Å². The number of alkyl carbamates (subject to hydrolysis) is 1. The van der Waals surface area contributed by atoms with E-state index in [9.17, 15) is 33.6 Å². The number of carbonyl (C=O) groups excluding carboxylic acids is 12. The summed E-state index contributed by atoms with van der Waals surface area (Å²) in [6, 6.07) is 25.6. The predicted molar refractivity (Wildman–Crippen MR) is 444 cm³/mol. The number of allylic oxidation sites excluding steroid dienone is 2. The Bertz CT molecular complexity index is 4860. The summed E-state index contributed by atoms with van der Waals surface area (Å²) in [6.07, 6.45) is 5.39. The summed E-state index contributed by atoms with van der Waals surface area (Å²) < 4.78 is 43.0. The summed E-state index contributed by atoms with van der Waals surface area (Å²) in [4.78, 5) is 180. The van der Waals surface area contributed by atoms with Gasteiger partial charge in [-0.1, -0.05) is 129 Å². The summed E-state index contributed by atoms with van der Waals surface area (Å²) in [5.74, 6) is -7.47. The molecule has 8 N–H and O–H groups in total. The number of nitrogens with one attached hydrogen (secondary N) is 8. The Labute approximate surface area is 702 Å². The van der Waals surface area contributed by atoms with Crippen LogP contribution in [0.5, 0.6) is 5.75 Å². The lowest BCUT2D eigenvalue weighted by atomic mass is 9.95. The van der Waals surface area contributed by atoms with E-state index in [1.807, 2.05) is 71.3 Å². The standard InChI is InChI=1S/C89H110FN15O16/c1-8-70(94-80(109)56(2)3)81(110)95-71-46-63-20-16-21-64(44-63)49-93-76(107)55-120-75-35-42-104-79(75)84(113)98-78(58(5)119-54-67-52-103(100-99-67)43-38-92-88(117)121-53-62-18-12-11-13-19-62)83(112)97-72(45-60-27-30-68(118-7)31-28-60)86(115)105-41-17-36-89(105,6)87(116)91-37-34-59-23-25-61(26-24-59)50-102(77(108)33-22-57(4)106)40-15-10-9-14-39-101-51-65(47-73(85(104)114)96-82(71)111)69-48-66(90)29-32-74(69)101/h9,11-14,16,18-21,23-32,44,48,51-52,56,58,70-73,75,78-79H,8,10,15,17,22,33-43,45-47,49-50,53-55H2,1-7H3,(H,91,116)(H,92,117)(H,93,107)(H,94,109)(H,95,110)(H,96,111)(H,97,112)(H,98,113)/b14-9+/t58-,70-,71+,72+,73+,75+,78+,79+,89+/m1/s1. The number of nitrogens with zero attached hydrogens (tertiary/aromatic N) is 7. The van der Waals surface area contributed by atoms with Gasteiger partial charge in [0.15, 0.2) is 0 Å². The first-order chi connectivity index (χ1) is 58.2. The first-order valence-electron chi connectivity index (χ1n) is 41.5. The highest BCUT2D eigenvalue weighted by Gasteiger charge is 2.50. The van der Waals surface area contributed by atoms with Crippen LogP contribution in [-0.4, -0.2) is 206 Å². The van der Waals surface area contributed by atoms with E-state index in [0.717, 1.165) is 16.7 Å². The number of amides is 11. The van der Waals surface area contributed by atoms with Crippen molar-refractivity contribution in [3.8, 4) is 5.75 Å². The topological polar surface area (TPSA) is 383 Å². The first-order valence-corrected chi connectivity index (χ1v) is 41.5. The predicted octanol–water partition coefficient (Wildman–Crippen LogP) is 5.83. The number of Topliss-reactive ketones (excluding diaryl/α,β-unsaturated/α-hetero) is 1. The monoisotopic (exact) mass is 1660 g/mol. The van der Waals surface area contributed by atoms with Gasteiger partial charge < -0.3 is 85.5 Å². The van der Waals surface area contributed by atoms with Crippen molar-refractivity contribution in [1.82, 2.24) is 76.8 Å². The van der Waals surface area contributed by atoms with Crippen LogP contribution in [0, 0.1) is 11.7 Å². The minimum absolute atomic E-state index is 0.0277. The van der Waals surface area contributed by atoms with Crippen LogP contribution < -0.4 is 47.3 Å². The van der Waals surface area contributed by atoms with E-state index in [4.69, 9.17) is 18.9 Å². The first kappa shape index (κ1) is 89.6. The summed E-state index contributed by atoms with van der Waals surface area (Å²) in [5.41, 5.74) is 3.94. The van der Waals surface area contributed by atoms with E-state index in [1.54, 1.807) is 99.6 Å². The molecule has 121 heavy (non-hydrogen) atoms. The van der Waals surface area contributed by atoms with Crippen LogP contribution in [0.1, 0.15) is 138 Å². The fraction of sp³-hybridized carbons (Fsp3) is 0.461. The normalized spacial score (nSPS) is 21.6. The average molecular weight is 1660 g/mol. The molecule has 2 fully saturated rings. The van der Waals surface area contributed by atoms with Crippen LogP contribution in [0.3, 0.4) is 0 Å². The Hall–Kier alpha value is -12.2. The molecular weight excluding hydrogens is 1550 g/mol. The number of fused-ring (bicyclic) bond motifs is 20. The highest BCUT2D eigenvalue weighted by molar-refractivity contribution is 6.00. The zero-order chi connectivity index (χ0) is 86.3. The lowest BCUT2D eigenvalue weighted by molar-refractivity contribution is -0.148. The molecule has 2 aromatic heterocycles. The summed E-state index contributed by atoms with van der Waals surface area (Å²) in [7, 11) is 1.50. The number of hydrogen-bond donors (Lipinski definition) is 8. The number of hydrogen-bond acceptors (Lipinski definition) is 18. The van der Waals surface area contributed by atoms with Crippen molar-refractivity contribution < 1.29 is 80.9 Å². The molecule has 10 bridgehead atoms. The van der Waals surface area contributed by atoms with Crippen molar-refractivity contribution in [2.75, 3.05) is 46.4 Å². The molecule has 7 aromatic rings. The molecule has 5 aliphatic heterocycles. The van der Waals surface area contributed by atoms with Gasteiger partial charge in [0.1, 0.15) is 78.0 Å². The number of methoxy groups -OCH3 is 1. The van der Waals surface area contributed by atoms with Gasteiger partial charge in [0.25, 0.3) is 0 Å². The molecule has 2 saturated heterocycles. The Kier molecular flexibility index (Phi) is 31.6. The Morgan fingerprint density at radius 3 is 2.26 bits per heavy atom. The number of carbonyl (C=O) groups is 12. The van der Waals surface area contributed by atoms with Crippen molar-refractivity contribution in [3.05, 3.63) is 196 Å². The van der Waals surface area contributed by atoms with Gasteiger partial charge in [0, 0.05) is 107 Å². The molecule has 7 heterocycles. The second-order valence-electron chi connectivity index (χ2n) is 31.7. The van der Waals surface area contributed by atoms with E-state index < -0.39 is 132 Å². The number of aromatic nitrogens is 4.